The molecule has 1 aromatic carbocycles. The molecule has 0 saturated heterocycles. The lowest BCUT2D eigenvalue weighted by Gasteiger charge is -2.16. The van der Waals surface area contributed by atoms with Gasteiger partial charge in [0.15, 0.2) is 0 Å². The summed E-state index contributed by atoms with van der Waals surface area (Å²) in [6, 6.07) is 8.34. The average molecular weight is 296 g/mol. The predicted molar refractivity (Wildman–Crippen MR) is 67.5 cm³/mol. The van der Waals surface area contributed by atoms with Gasteiger partial charge in [0.05, 0.1) is 10.5 Å². The molecule has 2 rings (SSSR count). The summed E-state index contributed by atoms with van der Waals surface area (Å²) in [7, 11) is 0. The fourth-order valence-electron chi connectivity index (χ4n) is 1.62. The minimum atomic E-state index is -0.313. The van der Waals surface area contributed by atoms with E-state index in [-0.39, 0.29) is 11.9 Å². The van der Waals surface area contributed by atoms with Crippen LogP contribution < -0.4 is 11.3 Å². The second kappa shape index (κ2) is 5.35. The zero-order chi connectivity index (χ0) is 12.3. The molecule has 0 spiro atoms. The van der Waals surface area contributed by atoms with Crippen molar-refractivity contribution in [3.63, 3.8) is 0 Å². The maximum Gasteiger partial charge on any atom is 0.137 e. The van der Waals surface area contributed by atoms with Crippen molar-refractivity contribution in [3.05, 3.63) is 64.1 Å². The third kappa shape index (κ3) is 2.69. The first-order chi connectivity index (χ1) is 8.22. The second-order valence-corrected chi connectivity index (χ2v) is 4.41. The highest BCUT2D eigenvalue weighted by Crippen LogP contribution is 2.24. The number of nitrogens with zero attached hydrogens (tertiary/aromatic N) is 1. The van der Waals surface area contributed by atoms with Crippen LogP contribution in [0.5, 0.6) is 0 Å². The molecule has 1 heterocycles. The van der Waals surface area contributed by atoms with E-state index in [9.17, 15) is 4.39 Å². The lowest BCUT2D eigenvalue weighted by Crippen LogP contribution is -2.29. The average Bonchev–Trinajstić information content (AvgIpc) is 2.36. The molecule has 1 unspecified atom stereocenters. The smallest absolute Gasteiger partial charge is 0.137 e. The summed E-state index contributed by atoms with van der Waals surface area (Å²) in [5.41, 5.74) is 4.30. The van der Waals surface area contributed by atoms with Crippen LogP contribution in [-0.2, 0) is 0 Å². The van der Waals surface area contributed by atoms with E-state index >= 15 is 0 Å². The molecule has 2 aromatic rings. The topological polar surface area (TPSA) is 50.9 Å². The van der Waals surface area contributed by atoms with Crippen LogP contribution in [0.25, 0.3) is 0 Å². The third-order valence-electron chi connectivity index (χ3n) is 2.46. The number of hydrazine groups is 1. The number of rotatable bonds is 3. The van der Waals surface area contributed by atoms with Crippen LogP contribution in [0.3, 0.4) is 0 Å². The van der Waals surface area contributed by atoms with Gasteiger partial charge < -0.3 is 0 Å². The van der Waals surface area contributed by atoms with E-state index in [0.717, 1.165) is 11.1 Å². The van der Waals surface area contributed by atoms with Gasteiger partial charge in [0, 0.05) is 12.4 Å². The molecular formula is C12H11BrFN3. The Labute approximate surface area is 107 Å². The molecular weight excluding hydrogens is 285 g/mol. The molecule has 17 heavy (non-hydrogen) atoms. The van der Waals surface area contributed by atoms with Gasteiger partial charge in [-0.05, 0) is 45.3 Å². The Morgan fingerprint density at radius 3 is 2.71 bits per heavy atom. The van der Waals surface area contributed by atoms with Crippen LogP contribution in [0.1, 0.15) is 17.2 Å². The van der Waals surface area contributed by atoms with Crippen LogP contribution in [0.2, 0.25) is 0 Å². The molecule has 0 aliphatic carbocycles. The van der Waals surface area contributed by atoms with Crippen molar-refractivity contribution < 1.29 is 4.39 Å². The summed E-state index contributed by atoms with van der Waals surface area (Å²) in [5.74, 6) is 5.20. The maximum absolute atomic E-state index is 13.5. The minimum absolute atomic E-state index is 0.272. The Morgan fingerprint density at radius 2 is 2.12 bits per heavy atom. The van der Waals surface area contributed by atoms with Crippen LogP contribution >= 0.6 is 15.9 Å². The van der Waals surface area contributed by atoms with Crippen molar-refractivity contribution in [2.75, 3.05) is 0 Å². The van der Waals surface area contributed by atoms with Crippen molar-refractivity contribution in [2.45, 2.75) is 6.04 Å². The van der Waals surface area contributed by atoms with Crippen molar-refractivity contribution in [2.24, 2.45) is 5.84 Å². The van der Waals surface area contributed by atoms with Crippen LogP contribution in [0.4, 0.5) is 4.39 Å². The number of nitrogens with one attached hydrogen (secondary N) is 1. The van der Waals surface area contributed by atoms with Gasteiger partial charge in [0.25, 0.3) is 0 Å². The number of benzene rings is 1. The Hall–Kier alpha value is -1.30. The molecule has 88 valence electrons. The number of hydrogen-bond donors (Lipinski definition) is 2. The van der Waals surface area contributed by atoms with E-state index in [1.54, 1.807) is 18.5 Å². The number of nitrogens with two attached hydrogens (primary N) is 1. The van der Waals surface area contributed by atoms with E-state index in [4.69, 9.17) is 5.84 Å². The van der Waals surface area contributed by atoms with E-state index < -0.39 is 0 Å². The first kappa shape index (κ1) is 12.2. The van der Waals surface area contributed by atoms with Gasteiger partial charge in [-0.2, -0.15) is 0 Å². The van der Waals surface area contributed by atoms with Gasteiger partial charge in [0.1, 0.15) is 5.82 Å². The summed E-state index contributed by atoms with van der Waals surface area (Å²) in [4.78, 5) is 4.02. The van der Waals surface area contributed by atoms with Gasteiger partial charge in [0.2, 0.25) is 0 Å². The van der Waals surface area contributed by atoms with Crippen molar-refractivity contribution in [3.8, 4) is 0 Å². The fourth-order valence-corrected chi connectivity index (χ4v) is 1.87. The number of halogens is 2. The van der Waals surface area contributed by atoms with E-state index in [1.165, 1.54) is 6.07 Å². The largest absolute Gasteiger partial charge is 0.271 e. The highest BCUT2D eigenvalue weighted by atomic mass is 79.9. The van der Waals surface area contributed by atoms with Crippen molar-refractivity contribution >= 4 is 15.9 Å². The molecule has 0 saturated carbocycles. The molecule has 0 aliphatic rings. The number of aromatic nitrogens is 1. The van der Waals surface area contributed by atoms with E-state index in [1.807, 2.05) is 18.2 Å². The predicted octanol–water partition coefficient (Wildman–Crippen LogP) is 2.54. The Morgan fingerprint density at radius 1 is 1.29 bits per heavy atom. The zero-order valence-corrected chi connectivity index (χ0v) is 10.5. The molecule has 3 nitrogen and oxygen atoms in total. The fraction of sp³-hybridized carbons (Fsp3) is 0.0833. The highest BCUT2D eigenvalue weighted by molar-refractivity contribution is 9.10. The molecule has 0 amide bonds. The van der Waals surface area contributed by atoms with E-state index in [2.05, 4.69) is 26.3 Å². The van der Waals surface area contributed by atoms with Gasteiger partial charge in [-0.25, -0.2) is 9.82 Å². The van der Waals surface area contributed by atoms with E-state index in [0.29, 0.717) is 4.47 Å². The lowest BCUT2D eigenvalue weighted by molar-refractivity contribution is 0.600. The maximum atomic E-state index is 13.5. The van der Waals surface area contributed by atoms with Gasteiger partial charge in [-0.15, -0.1) is 0 Å². The number of hydrogen-bond acceptors (Lipinski definition) is 3. The normalized spacial score (nSPS) is 12.4. The third-order valence-corrected chi connectivity index (χ3v) is 3.10. The molecule has 5 heteroatoms. The SMILES string of the molecule is NNC(c1cccnc1)c1ccc(Br)c(F)c1. The van der Waals surface area contributed by atoms with Gasteiger partial charge >= 0.3 is 0 Å². The lowest BCUT2D eigenvalue weighted by atomic mass is 10.0. The van der Waals surface area contributed by atoms with Crippen LogP contribution in [0, 0.1) is 5.82 Å². The first-order valence-corrected chi connectivity index (χ1v) is 5.82. The monoisotopic (exact) mass is 295 g/mol. The molecule has 0 fully saturated rings. The highest BCUT2D eigenvalue weighted by Gasteiger charge is 2.13. The molecule has 1 atom stereocenters. The Balaban J connectivity index is 2.39. The van der Waals surface area contributed by atoms with Crippen LogP contribution in [0.15, 0.2) is 47.2 Å². The number of pyridine rings is 1. The summed E-state index contributed by atoms with van der Waals surface area (Å²) in [5, 5.41) is 0. The molecule has 3 N–H and O–H groups in total. The molecule has 1 aromatic heterocycles. The molecule has 0 radical (unpaired) electrons. The van der Waals surface area contributed by atoms with Crippen LogP contribution in [-0.4, -0.2) is 4.98 Å². The Kier molecular flexibility index (Phi) is 3.83. The molecule has 0 aliphatic heterocycles. The summed E-state index contributed by atoms with van der Waals surface area (Å²) < 4.78 is 13.9. The van der Waals surface area contributed by atoms with Crippen molar-refractivity contribution in [1.29, 1.82) is 0 Å². The minimum Gasteiger partial charge on any atom is -0.271 e. The standard InChI is InChI=1S/C12H11BrFN3/c13-10-4-3-8(6-11(10)14)12(17-15)9-2-1-5-16-7-9/h1-7,12,17H,15H2. The summed E-state index contributed by atoms with van der Waals surface area (Å²) in [6.45, 7) is 0. The molecule has 0 bridgehead atoms. The van der Waals surface area contributed by atoms with Gasteiger partial charge in [-0.1, -0.05) is 12.1 Å². The Bertz CT molecular complexity index is 504. The quantitative estimate of drug-likeness (QED) is 0.676. The first-order valence-electron chi connectivity index (χ1n) is 5.03. The summed E-state index contributed by atoms with van der Waals surface area (Å²) in [6.07, 6.45) is 3.38. The summed E-state index contributed by atoms with van der Waals surface area (Å²) >= 11 is 3.12. The van der Waals surface area contributed by atoms with Gasteiger partial charge in [-0.3, -0.25) is 10.8 Å². The van der Waals surface area contributed by atoms with Crippen molar-refractivity contribution in [1.82, 2.24) is 10.4 Å². The second-order valence-electron chi connectivity index (χ2n) is 3.56. The zero-order valence-electron chi connectivity index (χ0n) is 8.90.